The highest BCUT2D eigenvalue weighted by atomic mass is 32.1. The van der Waals surface area contributed by atoms with E-state index in [1.165, 1.54) is 37.0 Å². The highest BCUT2D eigenvalue weighted by Gasteiger charge is 2.33. The van der Waals surface area contributed by atoms with Crippen molar-refractivity contribution in [3.63, 3.8) is 0 Å². The summed E-state index contributed by atoms with van der Waals surface area (Å²) in [6.45, 7) is 1.43. The molecule has 1 aromatic rings. The minimum Gasteiger partial charge on any atom is -0.321 e. The lowest BCUT2D eigenvalue weighted by atomic mass is 9.89. The predicted octanol–water partition coefficient (Wildman–Crippen LogP) is 2.76. The fourth-order valence-corrected chi connectivity index (χ4v) is 3.91. The van der Waals surface area contributed by atoms with Crippen LogP contribution >= 0.6 is 11.3 Å². The van der Waals surface area contributed by atoms with Gasteiger partial charge in [0.1, 0.15) is 6.17 Å². The third-order valence-electron chi connectivity index (χ3n) is 4.07. The van der Waals surface area contributed by atoms with Crippen molar-refractivity contribution >= 4 is 17.2 Å². The van der Waals surface area contributed by atoms with Crippen LogP contribution in [0.25, 0.3) is 0 Å². The molecule has 2 heterocycles. The number of amides is 1. The Morgan fingerprint density at radius 1 is 1.33 bits per heavy atom. The minimum absolute atomic E-state index is 0.124. The Morgan fingerprint density at radius 3 is 2.89 bits per heavy atom. The van der Waals surface area contributed by atoms with Gasteiger partial charge in [0.05, 0.1) is 6.54 Å². The Hall–Kier alpha value is -0.870. The second-order valence-electron chi connectivity index (χ2n) is 5.35. The van der Waals surface area contributed by atoms with Crippen LogP contribution in [0.4, 0.5) is 0 Å². The number of rotatable bonds is 3. The van der Waals surface area contributed by atoms with Crippen LogP contribution in [-0.4, -0.2) is 23.9 Å². The highest BCUT2D eigenvalue weighted by molar-refractivity contribution is 7.10. The average molecular weight is 264 g/mol. The van der Waals surface area contributed by atoms with Crippen molar-refractivity contribution in [1.29, 1.82) is 0 Å². The van der Waals surface area contributed by atoms with Gasteiger partial charge >= 0.3 is 0 Å². The van der Waals surface area contributed by atoms with E-state index >= 15 is 0 Å². The zero-order valence-corrected chi connectivity index (χ0v) is 11.4. The summed E-state index contributed by atoms with van der Waals surface area (Å²) in [5.74, 6) is 0.976. The van der Waals surface area contributed by atoms with Gasteiger partial charge in [0.2, 0.25) is 5.91 Å². The Bertz CT molecular complexity index is 398. The van der Waals surface area contributed by atoms with E-state index in [0.717, 1.165) is 6.54 Å². The maximum absolute atomic E-state index is 12.0. The van der Waals surface area contributed by atoms with Crippen molar-refractivity contribution in [2.45, 2.75) is 38.3 Å². The Morgan fingerprint density at radius 2 is 2.17 bits per heavy atom. The molecule has 0 bridgehead atoms. The molecule has 1 N–H and O–H groups in total. The summed E-state index contributed by atoms with van der Waals surface area (Å²) >= 11 is 1.73. The Kier molecular flexibility index (Phi) is 3.66. The van der Waals surface area contributed by atoms with Gasteiger partial charge in [0.15, 0.2) is 0 Å². The van der Waals surface area contributed by atoms with Crippen LogP contribution < -0.4 is 5.32 Å². The lowest BCUT2D eigenvalue weighted by Crippen LogP contribution is -2.35. The first-order chi connectivity index (χ1) is 8.84. The summed E-state index contributed by atoms with van der Waals surface area (Å²) in [4.78, 5) is 15.3. The van der Waals surface area contributed by atoms with Gasteiger partial charge < -0.3 is 4.90 Å². The van der Waals surface area contributed by atoms with E-state index in [1.807, 2.05) is 0 Å². The molecule has 1 aliphatic heterocycles. The summed E-state index contributed by atoms with van der Waals surface area (Å²) in [6.07, 6.45) is 6.76. The smallest absolute Gasteiger partial charge is 0.238 e. The van der Waals surface area contributed by atoms with E-state index < -0.39 is 0 Å². The van der Waals surface area contributed by atoms with Crippen LogP contribution in [0.5, 0.6) is 0 Å². The van der Waals surface area contributed by atoms with E-state index in [2.05, 4.69) is 27.7 Å². The van der Waals surface area contributed by atoms with Crippen LogP contribution in [0.15, 0.2) is 17.5 Å². The molecule has 0 spiro atoms. The molecular formula is C14H20N2OS. The molecule has 1 atom stereocenters. The predicted molar refractivity (Wildman–Crippen MR) is 73.4 cm³/mol. The molecule has 1 saturated carbocycles. The monoisotopic (exact) mass is 264 g/mol. The molecule has 18 heavy (non-hydrogen) atoms. The van der Waals surface area contributed by atoms with Crippen LogP contribution in [0.1, 0.15) is 43.1 Å². The van der Waals surface area contributed by atoms with Gasteiger partial charge in [-0.25, -0.2) is 0 Å². The molecule has 1 saturated heterocycles. The normalized spacial score (nSPS) is 25.9. The molecule has 0 radical (unpaired) electrons. The van der Waals surface area contributed by atoms with Gasteiger partial charge in [-0.1, -0.05) is 25.3 Å². The molecule has 1 aliphatic carbocycles. The molecule has 3 rings (SSSR count). The van der Waals surface area contributed by atoms with Gasteiger partial charge in [-0.15, -0.1) is 11.3 Å². The van der Waals surface area contributed by atoms with Crippen LogP contribution in [0.3, 0.4) is 0 Å². The quantitative estimate of drug-likeness (QED) is 0.910. The fraction of sp³-hybridized carbons (Fsp3) is 0.643. The SMILES string of the molecule is O=C1CNC(c2cccs2)N1CC1CCCCC1. The molecule has 2 aliphatic rings. The Balaban J connectivity index is 1.69. The number of carbonyl (C=O) groups is 1. The van der Waals surface area contributed by atoms with Gasteiger partial charge in [0.25, 0.3) is 0 Å². The molecule has 4 heteroatoms. The van der Waals surface area contributed by atoms with Crippen molar-refractivity contribution in [2.75, 3.05) is 13.1 Å². The number of hydrogen-bond acceptors (Lipinski definition) is 3. The highest BCUT2D eigenvalue weighted by Crippen LogP contribution is 2.30. The van der Waals surface area contributed by atoms with E-state index in [-0.39, 0.29) is 12.1 Å². The third kappa shape index (κ3) is 2.45. The lowest BCUT2D eigenvalue weighted by molar-refractivity contribution is -0.128. The maximum Gasteiger partial charge on any atom is 0.238 e. The minimum atomic E-state index is 0.124. The molecule has 98 valence electrons. The molecule has 1 aromatic heterocycles. The molecule has 0 aromatic carbocycles. The molecule has 3 nitrogen and oxygen atoms in total. The summed E-state index contributed by atoms with van der Waals surface area (Å²) in [5.41, 5.74) is 0. The molecule has 2 fully saturated rings. The van der Waals surface area contributed by atoms with Crippen molar-refractivity contribution in [3.8, 4) is 0 Å². The second-order valence-corrected chi connectivity index (χ2v) is 6.33. The first-order valence-corrected chi connectivity index (χ1v) is 7.79. The maximum atomic E-state index is 12.0. The summed E-state index contributed by atoms with van der Waals surface area (Å²) < 4.78 is 0. The average Bonchev–Trinajstić information content (AvgIpc) is 3.02. The standard InChI is InChI=1S/C14H20N2OS/c17-13-9-15-14(12-7-4-8-18-12)16(13)10-11-5-2-1-3-6-11/h4,7-8,11,14-15H,1-3,5-6,9-10H2. The molecule has 1 unspecified atom stereocenters. The van der Waals surface area contributed by atoms with E-state index in [1.54, 1.807) is 11.3 Å². The van der Waals surface area contributed by atoms with E-state index in [4.69, 9.17) is 0 Å². The van der Waals surface area contributed by atoms with E-state index in [0.29, 0.717) is 12.5 Å². The first kappa shape index (κ1) is 12.2. The number of nitrogens with zero attached hydrogens (tertiary/aromatic N) is 1. The number of nitrogens with one attached hydrogen (secondary N) is 1. The van der Waals surface area contributed by atoms with Crippen molar-refractivity contribution in [1.82, 2.24) is 10.2 Å². The molecular weight excluding hydrogens is 244 g/mol. The van der Waals surface area contributed by atoms with Gasteiger partial charge in [-0.2, -0.15) is 0 Å². The Labute approximate surface area is 112 Å². The van der Waals surface area contributed by atoms with Crippen molar-refractivity contribution < 1.29 is 4.79 Å². The zero-order valence-electron chi connectivity index (χ0n) is 10.6. The third-order valence-corrected chi connectivity index (χ3v) is 5.00. The topological polar surface area (TPSA) is 32.3 Å². The van der Waals surface area contributed by atoms with Crippen molar-refractivity contribution in [3.05, 3.63) is 22.4 Å². The second kappa shape index (κ2) is 5.41. The van der Waals surface area contributed by atoms with Gasteiger partial charge in [0, 0.05) is 11.4 Å². The van der Waals surface area contributed by atoms with Crippen LogP contribution in [0, 0.1) is 5.92 Å². The van der Waals surface area contributed by atoms with E-state index in [9.17, 15) is 4.79 Å². The molecule has 1 amide bonds. The van der Waals surface area contributed by atoms with Crippen LogP contribution in [-0.2, 0) is 4.79 Å². The zero-order chi connectivity index (χ0) is 12.4. The number of thiophene rings is 1. The van der Waals surface area contributed by atoms with Gasteiger partial charge in [-0.3, -0.25) is 10.1 Å². The van der Waals surface area contributed by atoms with Crippen LogP contribution in [0.2, 0.25) is 0 Å². The lowest BCUT2D eigenvalue weighted by Gasteiger charge is -2.30. The summed E-state index contributed by atoms with van der Waals surface area (Å²) in [6, 6.07) is 4.18. The van der Waals surface area contributed by atoms with Crippen molar-refractivity contribution in [2.24, 2.45) is 5.92 Å². The first-order valence-electron chi connectivity index (χ1n) is 6.91. The largest absolute Gasteiger partial charge is 0.321 e. The number of carbonyl (C=O) groups excluding carboxylic acids is 1. The summed E-state index contributed by atoms with van der Waals surface area (Å²) in [5, 5.41) is 5.42. The number of hydrogen-bond donors (Lipinski definition) is 1. The summed E-state index contributed by atoms with van der Waals surface area (Å²) in [7, 11) is 0. The fourth-order valence-electron chi connectivity index (χ4n) is 3.10. The van der Waals surface area contributed by atoms with Gasteiger partial charge in [-0.05, 0) is 30.2 Å².